The van der Waals surface area contributed by atoms with Crippen molar-refractivity contribution in [3.05, 3.63) is 58.6 Å². The van der Waals surface area contributed by atoms with Crippen LogP contribution in [-0.4, -0.2) is 14.2 Å². The van der Waals surface area contributed by atoms with Crippen LogP contribution in [0.25, 0.3) is 0 Å². The normalized spacial score (nSPS) is 10.8. The lowest BCUT2D eigenvalue weighted by atomic mass is 10.1. The van der Waals surface area contributed by atoms with Gasteiger partial charge in [-0.1, -0.05) is 11.6 Å². The number of nitriles is 1. The van der Waals surface area contributed by atoms with Crippen LogP contribution in [-0.2, 0) is 10.1 Å². The van der Waals surface area contributed by atoms with Crippen LogP contribution in [0.5, 0.6) is 5.75 Å². The summed E-state index contributed by atoms with van der Waals surface area (Å²) in [6.45, 7) is 1.41. The van der Waals surface area contributed by atoms with E-state index in [2.05, 4.69) is 0 Å². The van der Waals surface area contributed by atoms with Gasteiger partial charge in [0.2, 0.25) is 0 Å². The topological polar surface area (TPSA) is 84.2 Å². The summed E-state index contributed by atoms with van der Waals surface area (Å²) in [5.41, 5.74) is 0.623. The minimum absolute atomic E-state index is 0.0269. The van der Waals surface area contributed by atoms with Crippen molar-refractivity contribution >= 4 is 27.5 Å². The van der Waals surface area contributed by atoms with E-state index in [1.165, 1.54) is 43.3 Å². The second-order valence-electron chi connectivity index (χ2n) is 4.37. The summed E-state index contributed by atoms with van der Waals surface area (Å²) in [5.74, 6) is -0.0567. The Morgan fingerprint density at radius 3 is 2.32 bits per heavy atom. The smallest absolute Gasteiger partial charge is 0.339 e. The molecule has 0 aliphatic rings. The molecule has 0 fully saturated rings. The minimum Gasteiger partial charge on any atom is -0.379 e. The molecule has 0 radical (unpaired) electrons. The Hall–Kier alpha value is -2.36. The summed E-state index contributed by atoms with van der Waals surface area (Å²) in [6, 6.07) is 11.3. The molecule has 0 spiro atoms. The Kier molecular flexibility index (Phi) is 4.50. The fourth-order valence-electron chi connectivity index (χ4n) is 1.66. The average molecular weight is 336 g/mol. The number of hydrogen-bond donors (Lipinski definition) is 0. The molecule has 0 unspecified atom stereocenters. The number of benzene rings is 2. The molecule has 0 atom stereocenters. The molecule has 0 aromatic heterocycles. The van der Waals surface area contributed by atoms with Crippen LogP contribution in [0.1, 0.15) is 22.8 Å². The van der Waals surface area contributed by atoms with Crippen molar-refractivity contribution in [2.75, 3.05) is 0 Å². The molecule has 7 heteroatoms. The first-order valence-electron chi connectivity index (χ1n) is 6.08. The molecule has 5 nitrogen and oxygen atoms in total. The van der Waals surface area contributed by atoms with E-state index in [0.717, 1.165) is 6.07 Å². The zero-order valence-electron chi connectivity index (χ0n) is 11.4. The van der Waals surface area contributed by atoms with E-state index < -0.39 is 10.1 Å². The highest BCUT2D eigenvalue weighted by Gasteiger charge is 2.18. The molecular formula is C15H10ClNO4S. The van der Waals surface area contributed by atoms with Gasteiger partial charge in [0.15, 0.2) is 5.78 Å². The summed E-state index contributed by atoms with van der Waals surface area (Å²) < 4.78 is 29.3. The number of carbonyl (C=O) groups excluding carboxylic acids is 1. The molecule has 2 aromatic rings. The second-order valence-corrected chi connectivity index (χ2v) is 6.32. The summed E-state index contributed by atoms with van der Waals surface area (Å²) in [5, 5.41) is 8.80. The zero-order valence-corrected chi connectivity index (χ0v) is 13.0. The zero-order chi connectivity index (χ0) is 16.3. The standard InChI is InChI=1S/C15H10ClNO4S/c1-10(18)11-2-5-13(6-3-11)21-22(19,20)14-7-4-12(9-17)15(16)8-14/h2-8H,1H3. The van der Waals surface area contributed by atoms with Crippen molar-refractivity contribution in [3.63, 3.8) is 0 Å². The van der Waals surface area contributed by atoms with Crippen LogP contribution in [0, 0.1) is 11.3 Å². The lowest BCUT2D eigenvalue weighted by molar-refractivity contribution is 0.101. The monoisotopic (exact) mass is 335 g/mol. The first kappa shape index (κ1) is 16.0. The maximum Gasteiger partial charge on any atom is 0.339 e. The SMILES string of the molecule is CC(=O)c1ccc(OS(=O)(=O)c2ccc(C#N)c(Cl)c2)cc1. The third-order valence-corrected chi connectivity index (χ3v) is 4.37. The molecule has 0 amide bonds. The Morgan fingerprint density at radius 1 is 1.18 bits per heavy atom. The first-order valence-corrected chi connectivity index (χ1v) is 7.87. The number of nitrogens with zero attached hydrogens (tertiary/aromatic N) is 1. The van der Waals surface area contributed by atoms with E-state index in [1.54, 1.807) is 0 Å². The van der Waals surface area contributed by atoms with E-state index in [9.17, 15) is 13.2 Å². The van der Waals surface area contributed by atoms with Crippen LogP contribution in [0.2, 0.25) is 5.02 Å². The summed E-state index contributed by atoms with van der Waals surface area (Å²) in [6.07, 6.45) is 0. The number of Topliss-reactive ketones (excluding diaryl/α,β-unsaturated/α-hetero) is 1. The lowest BCUT2D eigenvalue weighted by Crippen LogP contribution is -2.10. The van der Waals surface area contributed by atoms with Gasteiger partial charge in [-0.2, -0.15) is 13.7 Å². The number of carbonyl (C=O) groups is 1. The van der Waals surface area contributed by atoms with Gasteiger partial charge in [0.25, 0.3) is 0 Å². The molecule has 0 saturated heterocycles. The number of hydrogen-bond acceptors (Lipinski definition) is 5. The van der Waals surface area contributed by atoms with Crippen LogP contribution < -0.4 is 4.18 Å². The molecule has 0 aliphatic heterocycles. The van der Waals surface area contributed by atoms with Crippen LogP contribution in [0.15, 0.2) is 47.4 Å². The van der Waals surface area contributed by atoms with Gasteiger partial charge in [0.05, 0.1) is 10.6 Å². The van der Waals surface area contributed by atoms with E-state index in [-0.39, 0.29) is 27.0 Å². The molecule has 0 heterocycles. The highest BCUT2D eigenvalue weighted by molar-refractivity contribution is 7.87. The van der Waals surface area contributed by atoms with Gasteiger partial charge < -0.3 is 4.18 Å². The Bertz CT molecular complexity index is 867. The molecule has 0 bridgehead atoms. The van der Waals surface area contributed by atoms with Crippen LogP contribution in [0.4, 0.5) is 0 Å². The highest BCUT2D eigenvalue weighted by atomic mass is 35.5. The van der Waals surface area contributed by atoms with Gasteiger partial charge in [0, 0.05) is 5.56 Å². The third kappa shape index (κ3) is 3.45. The van der Waals surface area contributed by atoms with Gasteiger partial charge in [-0.05, 0) is 49.4 Å². The molecule has 112 valence electrons. The maximum atomic E-state index is 12.1. The predicted molar refractivity (Wildman–Crippen MR) is 80.4 cm³/mol. The van der Waals surface area contributed by atoms with Gasteiger partial charge in [-0.15, -0.1) is 0 Å². The maximum absolute atomic E-state index is 12.1. The summed E-state index contributed by atoms with van der Waals surface area (Å²) in [4.78, 5) is 11.0. The van der Waals surface area contributed by atoms with Crippen molar-refractivity contribution in [1.82, 2.24) is 0 Å². The Morgan fingerprint density at radius 2 is 1.82 bits per heavy atom. The van der Waals surface area contributed by atoms with Crippen LogP contribution in [0.3, 0.4) is 0 Å². The summed E-state index contributed by atoms with van der Waals surface area (Å²) >= 11 is 5.81. The van der Waals surface area contributed by atoms with Gasteiger partial charge in [-0.3, -0.25) is 4.79 Å². The minimum atomic E-state index is -4.07. The number of rotatable bonds is 4. The van der Waals surface area contributed by atoms with Crippen molar-refractivity contribution in [1.29, 1.82) is 5.26 Å². The van der Waals surface area contributed by atoms with Crippen LogP contribution >= 0.6 is 11.6 Å². The molecule has 2 rings (SSSR count). The van der Waals surface area contributed by atoms with E-state index in [0.29, 0.717) is 5.56 Å². The Labute approximate surface area is 132 Å². The fourth-order valence-corrected chi connectivity index (χ4v) is 2.91. The predicted octanol–water partition coefficient (Wildman–Crippen LogP) is 3.18. The molecule has 0 aliphatic carbocycles. The van der Waals surface area contributed by atoms with E-state index in [1.807, 2.05) is 6.07 Å². The quantitative estimate of drug-likeness (QED) is 0.633. The van der Waals surface area contributed by atoms with Gasteiger partial charge in [0.1, 0.15) is 16.7 Å². The van der Waals surface area contributed by atoms with Gasteiger partial charge >= 0.3 is 10.1 Å². The molecular weight excluding hydrogens is 326 g/mol. The van der Waals surface area contributed by atoms with E-state index >= 15 is 0 Å². The molecule has 0 saturated carbocycles. The lowest BCUT2D eigenvalue weighted by Gasteiger charge is -2.08. The van der Waals surface area contributed by atoms with Crippen molar-refractivity contribution < 1.29 is 17.4 Å². The van der Waals surface area contributed by atoms with E-state index in [4.69, 9.17) is 21.0 Å². The highest BCUT2D eigenvalue weighted by Crippen LogP contribution is 2.23. The molecule has 0 N–H and O–H groups in total. The number of ketones is 1. The fraction of sp³-hybridized carbons (Fsp3) is 0.0667. The number of halogens is 1. The van der Waals surface area contributed by atoms with Gasteiger partial charge in [-0.25, -0.2) is 0 Å². The van der Waals surface area contributed by atoms with Crippen molar-refractivity contribution in [2.45, 2.75) is 11.8 Å². The molecule has 22 heavy (non-hydrogen) atoms. The Balaban J connectivity index is 2.29. The van der Waals surface area contributed by atoms with Crippen molar-refractivity contribution in [3.8, 4) is 11.8 Å². The summed E-state index contributed by atoms with van der Waals surface area (Å²) in [7, 11) is -4.07. The third-order valence-electron chi connectivity index (χ3n) is 2.82. The average Bonchev–Trinajstić information content (AvgIpc) is 2.47. The first-order chi connectivity index (χ1) is 10.3. The van der Waals surface area contributed by atoms with Crippen molar-refractivity contribution in [2.24, 2.45) is 0 Å². The largest absolute Gasteiger partial charge is 0.379 e. The molecule has 2 aromatic carbocycles. The second kappa shape index (κ2) is 6.18.